The van der Waals surface area contributed by atoms with E-state index in [1.165, 1.54) is 0 Å². The fraction of sp³-hybridized carbons (Fsp3) is 0.619. The lowest BCUT2D eigenvalue weighted by molar-refractivity contribution is -0.160. The summed E-state index contributed by atoms with van der Waals surface area (Å²) in [5.41, 5.74) is 0.290. The topological polar surface area (TPSA) is 91.3 Å². The Labute approximate surface area is 172 Å². The van der Waals surface area contributed by atoms with E-state index in [0.29, 0.717) is 16.6 Å². The molecule has 8 heteroatoms. The van der Waals surface area contributed by atoms with E-state index in [2.05, 4.69) is 0 Å². The molecule has 1 aliphatic rings. The van der Waals surface area contributed by atoms with Crippen LogP contribution in [0.25, 0.3) is 0 Å². The fourth-order valence-corrected chi connectivity index (χ4v) is 2.90. The van der Waals surface area contributed by atoms with Crippen molar-refractivity contribution < 1.29 is 33.5 Å². The van der Waals surface area contributed by atoms with Crippen LogP contribution < -0.4 is 5.46 Å². The summed E-state index contributed by atoms with van der Waals surface area (Å²) in [7, 11) is -0.691. The molecule has 0 atom stereocenters. The first-order valence-electron chi connectivity index (χ1n) is 9.65. The number of carboxylic acids is 1. The van der Waals surface area contributed by atoms with Crippen LogP contribution in [0.2, 0.25) is 0 Å². The van der Waals surface area contributed by atoms with Gasteiger partial charge in [-0.2, -0.15) is 0 Å². The van der Waals surface area contributed by atoms with Crippen molar-refractivity contribution in [1.29, 1.82) is 0 Å². The number of ether oxygens (including phenoxy) is 2. The molecule has 1 aromatic carbocycles. The Hall–Kier alpha value is -1.90. The van der Waals surface area contributed by atoms with E-state index in [1.807, 2.05) is 27.7 Å². The third kappa shape index (κ3) is 5.59. The van der Waals surface area contributed by atoms with Crippen molar-refractivity contribution in [1.82, 2.24) is 0 Å². The van der Waals surface area contributed by atoms with Crippen LogP contribution in [-0.2, 0) is 30.2 Å². The number of carbonyl (C=O) groups is 2. The molecule has 160 valence electrons. The minimum atomic E-state index is -1.05. The molecule has 0 radical (unpaired) electrons. The second kappa shape index (κ2) is 8.09. The first kappa shape index (κ1) is 23.4. The zero-order valence-corrected chi connectivity index (χ0v) is 18.5. The lowest BCUT2D eigenvalue weighted by Gasteiger charge is -2.32. The second-order valence-electron chi connectivity index (χ2n) is 9.33. The molecule has 1 aromatic rings. The smallest absolute Gasteiger partial charge is 0.478 e. The van der Waals surface area contributed by atoms with Gasteiger partial charge in [0.25, 0.3) is 0 Å². The SMILES string of the molecule is Cc1c(COCC(=O)OC(C)(C)C)cc(B2OC(C)(C)C(C)(C)O2)cc1C(=O)O. The van der Waals surface area contributed by atoms with Gasteiger partial charge in [0.1, 0.15) is 12.2 Å². The Bertz CT molecular complexity index is 777. The summed E-state index contributed by atoms with van der Waals surface area (Å²) in [6.07, 6.45) is 0. The minimum absolute atomic E-state index is 0.0682. The number of hydrogen-bond donors (Lipinski definition) is 1. The minimum Gasteiger partial charge on any atom is -0.478 e. The first-order valence-corrected chi connectivity index (χ1v) is 9.65. The lowest BCUT2D eigenvalue weighted by Crippen LogP contribution is -2.41. The van der Waals surface area contributed by atoms with Gasteiger partial charge in [0.2, 0.25) is 0 Å². The molecule has 0 amide bonds. The molecule has 2 rings (SSSR count). The van der Waals surface area contributed by atoms with Crippen LogP contribution in [0.15, 0.2) is 12.1 Å². The van der Waals surface area contributed by atoms with Crippen molar-refractivity contribution in [2.24, 2.45) is 0 Å². The Balaban J connectivity index is 2.23. The van der Waals surface area contributed by atoms with Gasteiger partial charge in [0.05, 0.1) is 23.4 Å². The number of rotatable bonds is 6. The van der Waals surface area contributed by atoms with Gasteiger partial charge in [-0.15, -0.1) is 0 Å². The molecule has 29 heavy (non-hydrogen) atoms. The van der Waals surface area contributed by atoms with Crippen molar-refractivity contribution in [3.63, 3.8) is 0 Å². The maximum atomic E-state index is 11.8. The van der Waals surface area contributed by atoms with Gasteiger partial charge in [-0.25, -0.2) is 9.59 Å². The normalized spacial score (nSPS) is 18.0. The predicted molar refractivity (Wildman–Crippen MR) is 109 cm³/mol. The number of carboxylic acid groups (broad SMARTS) is 1. The van der Waals surface area contributed by atoms with Gasteiger partial charge >= 0.3 is 19.1 Å². The number of aromatic carboxylic acids is 1. The van der Waals surface area contributed by atoms with Crippen LogP contribution in [-0.4, -0.2) is 47.6 Å². The van der Waals surface area contributed by atoms with Crippen molar-refractivity contribution in [3.05, 3.63) is 28.8 Å². The number of hydrogen-bond acceptors (Lipinski definition) is 6. The van der Waals surface area contributed by atoms with E-state index in [0.717, 1.165) is 0 Å². The summed E-state index contributed by atoms with van der Waals surface area (Å²) in [5.74, 6) is -1.52. The first-order chi connectivity index (χ1) is 13.1. The Morgan fingerprint density at radius 3 is 2.14 bits per heavy atom. The molecule has 0 saturated carbocycles. The van der Waals surface area contributed by atoms with Gasteiger partial charge < -0.3 is 23.9 Å². The predicted octanol–water partition coefficient (Wildman–Crippen LogP) is 2.85. The maximum absolute atomic E-state index is 11.8. The van der Waals surface area contributed by atoms with Crippen LogP contribution in [0.3, 0.4) is 0 Å². The Kier molecular flexibility index (Phi) is 6.52. The van der Waals surface area contributed by atoms with E-state index in [9.17, 15) is 14.7 Å². The zero-order valence-electron chi connectivity index (χ0n) is 18.5. The highest BCUT2D eigenvalue weighted by Gasteiger charge is 2.51. The Morgan fingerprint density at radius 1 is 1.10 bits per heavy atom. The average Bonchev–Trinajstić information content (AvgIpc) is 2.75. The zero-order chi connectivity index (χ0) is 22.2. The maximum Gasteiger partial charge on any atom is 0.494 e. The van der Waals surface area contributed by atoms with Crippen LogP contribution >= 0.6 is 0 Å². The highest BCUT2D eigenvalue weighted by molar-refractivity contribution is 6.62. The molecule has 7 nitrogen and oxygen atoms in total. The fourth-order valence-electron chi connectivity index (χ4n) is 2.90. The third-order valence-corrected chi connectivity index (χ3v) is 5.19. The van der Waals surface area contributed by atoms with Crippen LogP contribution in [0.1, 0.15) is 70.0 Å². The molecule has 0 aliphatic carbocycles. The van der Waals surface area contributed by atoms with Crippen molar-refractivity contribution in [3.8, 4) is 0 Å². The van der Waals surface area contributed by atoms with Gasteiger partial charge in [-0.3, -0.25) is 0 Å². The van der Waals surface area contributed by atoms with Crippen molar-refractivity contribution in [2.45, 2.75) is 78.8 Å². The second-order valence-corrected chi connectivity index (χ2v) is 9.33. The molecule has 1 saturated heterocycles. The molecule has 1 N–H and O–H groups in total. The highest BCUT2D eigenvalue weighted by Crippen LogP contribution is 2.36. The number of carbonyl (C=O) groups excluding carboxylic acids is 1. The summed E-state index contributed by atoms with van der Waals surface area (Å²) >= 11 is 0. The monoisotopic (exact) mass is 406 g/mol. The van der Waals surface area contributed by atoms with Crippen LogP contribution in [0, 0.1) is 6.92 Å². The van der Waals surface area contributed by atoms with Gasteiger partial charge in [0.15, 0.2) is 0 Å². The number of benzene rings is 1. The molecule has 1 fully saturated rings. The van der Waals surface area contributed by atoms with E-state index in [4.69, 9.17) is 18.8 Å². The Morgan fingerprint density at radius 2 is 1.66 bits per heavy atom. The largest absolute Gasteiger partial charge is 0.494 e. The van der Waals surface area contributed by atoms with Gasteiger partial charge in [-0.05, 0) is 78.0 Å². The molecule has 1 aliphatic heterocycles. The van der Waals surface area contributed by atoms with Crippen LogP contribution in [0.4, 0.5) is 0 Å². The van der Waals surface area contributed by atoms with Crippen molar-refractivity contribution >= 4 is 24.5 Å². The van der Waals surface area contributed by atoms with E-state index in [-0.39, 0.29) is 18.8 Å². The van der Waals surface area contributed by atoms with Gasteiger partial charge in [0, 0.05) is 0 Å². The van der Waals surface area contributed by atoms with E-state index in [1.54, 1.807) is 39.8 Å². The molecule has 0 bridgehead atoms. The summed E-state index contributed by atoms with van der Waals surface area (Å²) in [5, 5.41) is 9.61. The summed E-state index contributed by atoms with van der Waals surface area (Å²) in [6, 6.07) is 3.37. The number of esters is 1. The van der Waals surface area contributed by atoms with Gasteiger partial charge in [-0.1, -0.05) is 6.07 Å². The molecular weight excluding hydrogens is 375 g/mol. The molecular formula is C21H31BO7. The van der Waals surface area contributed by atoms with Crippen LogP contribution in [0.5, 0.6) is 0 Å². The summed E-state index contributed by atoms with van der Waals surface area (Å²) in [6.45, 7) is 14.6. The molecule has 0 spiro atoms. The van der Waals surface area contributed by atoms with E-state index < -0.39 is 35.9 Å². The molecule has 0 aromatic heterocycles. The quantitative estimate of drug-likeness (QED) is 0.574. The van der Waals surface area contributed by atoms with Crippen molar-refractivity contribution in [2.75, 3.05) is 6.61 Å². The average molecular weight is 406 g/mol. The third-order valence-electron chi connectivity index (χ3n) is 5.19. The standard InChI is InChI=1S/C21H31BO7/c1-13-14(11-26-12-17(23)27-19(2,3)4)9-15(10-16(13)18(24)25)22-28-20(5,6)21(7,8)29-22/h9-10H,11-12H2,1-8H3,(H,24,25). The lowest BCUT2D eigenvalue weighted by atomic mass is 9.76. The molecule has 0 unspecified atom stereocenters. The van der Waals surface area contributed by atoms with E-state index >= 15 is 0 Å². The summed E-state index contributed by atoms with van der Waals surface area (Å²) in [4.78, 5) is 23.6. The summed E-state index contributed by atoms with van der Waals surface area (Å²) < 4.78 is 22.8. The molecule has 1 heterocycles. The highest BCUT2D eigenvalue weighted by atomic mass is 16.7.